The van der Waals surface area contributed by atoms with Crippen LogP contribution in [0, 0.1) is 18.3 Å². The number of anilines is 1. The lowest BCUT2D eigenvalue weighted by Crippen LogP contribution is -2.36. The first-order valence-corrected chi connectivity index (χ1v) is 7.23. The number of nitrogens with zero attached hydrogens (tertiary/aromatic N) is 1. The molecule has 2 aromatic rings. The molecule has 1 aliphatic heterocycles. The van der Waals surface area contributed by atoms with Crippen LogP contribution in [0.15, 0.2) is 42.5 Å². The van der Waals surface area contributed by atoms with Crippen LogP contribution >= 0.6 is 0 Å². The lowest BCUT2D eigenvalue weighted by Gasteiger charge is -2.25. The van der Waals surface area contributed by atoms with Crippen molar-refractivity contribution in [3.8, 4) is 11.8 Å². The Bertz CT molecular complexity index is 762. The molecule has 1 heterocycles. The van der Waals surface area contributed by atoms with Gasteiger partial charge in [0.2, 0.25) is 0 Å². The minimum Gasteiger partial charge on any atom is -0.480 e. The van der Waals surface area contributed by atoms with Gasteiger partial charge in [-0.2, -0.15) is 5.26 Å². The van der Waals surface area contributed by atoms with Crippen molar-refractivity contribution in [1.82, 2.24) is 0 Å². The average molecular weight is 292 g/mol. The number of nitriles is 1. The second kappa shape index (κ2) is 5.90. The first-order chi connectivity index (χ1) is 10.7. The van der Waals surface area contributed by atoms with Crippen molar-refractivity contribution in [2.24, 2.45) is 0 Å². The number of aryl methyl sites for hydroxylation is 2. The van der Waals surface area contributed by atoms with Crippen molar-refractivity contribution in [1.29, 1.82) is 5.26 Å². The maximum absolute atomic E-state index is 12.4. The third kappa shape index (κ3) is 2.79. The number of ether oxygens (including phenoxy) is 1. The van der Waals surface area contributed by atoms with Crippen molar-refractivity contribution in [3.63, 3.8) is 0 Å². The topological polar surface area (TPSA) is 62.1 Å². The van der Waals surface area contributed by atoms with E-state index in [-0.39, 0.29) is 5.91 Å². The Kier molecular flexibility index (Phi) is 3.80. The number of nitrogens with one attached hydrogen (secondary N) is 1. The van der Waals surface area contributed by atoms with E-state index >= 15 is 0 Å². The van der Waals surface area contributed by atoms with Crippen LogP contribution in [0.5, 0.6) is 5.75 Å². The second-order valence-electron chi connectivity index (χ2n) is 5.40. The van der Waals surface area contributed by atoms with Crippen molar-refractivity contribution in [2.75, 3.05) is 5.32 Å². The van der Waals surface area contributed by atoms with Crippen LogP contribution in [-0.2, 0) is 11.2 Å². The highest BCUT2D eigenvalue weighted by Gasteiger charge is 2.26. The highest BCUT2D eigenvalue weighted by Crippen LogP contribution is 2.29. The third-order valence-corrected chi connectivity index (χ3v) is 3.76. The molecule has 110 valence electrons. The van der Waals surface area contributed by atoms with Gasteiger partial charge >= 0.3 is 0 Å². The lowest BCUT2D eigenvalue weighted by atomic mass is 10.00. The molecule has 0 saturated carbocycles. The van der Waals surface area contributed by atoms with Crippen LogP contribution in [0.4, 0.5) is 5.69 Å². The quantitative estimate of drug-likeness (QED) is 0.924. The van der Waals surface area contributed by atoms with Gasteiger partial charge in [0.15, 0.2) is 6.10 Å². The molecule has 22 heavy (non-hydrogen) atoms. The fourth-order valence-corrected chi connectivity index (χ4v) is 2.60. The number of amides is 1. The molecule has 0 unspecified atom stereocenters. The molecular formula is C18H16N2O2. The number of hydrogen-bond acceptors (Lipinski definition) is 3. The first kappa shape index (κ1) is 14.2. The van der Waals surface area contributed by atoms with Gasteiger partial charge in [0.25, 0.3) is 5.91 Å². The maximum Gasteiger partial charge on any atom is 0.265 e. The Balaban J connectivity index is 1.74. The molecule has 2 aromatic carbocycles. The summed E-state index contributed by atoms with van der Waals surface area (Å²) in [5, 5.41) is 11.9. The van der Waals surface area contributed by atoms with E-state index in [9.17, 15) is 4.79 Å². The van der Waals surface area contributed by atoms with Gasteiger partial charge in [0, 0.05) is 0 Å². The van der Waals surface area contributed by atoms with Gasteiger partial charge in [-0.05, 0) is 43.5 Å². The summed E-state index contributed by atoms with van der Waals surface area (Å²) in [6.07, 6.45) is 0.924. The molecule has 1 aliphatic rings. The molecule has 1 amide bonds. The first-order valence-electron chi connectivity index (χ1n) is 7.23. The number of para-hydroxylation sites is 1. The Morgan fingerprint density at radius 1 is 1.32 bits per heavy atom. The molecule has 0 fully saturated rings. The van der Waals surface area contributed by atoms with E-state index in [4.69, 9.17) is 10.00 Å². The minimum atomic E-state index is -0.526. The molecule has 1 atom stereocenters. The molecule has 4 heteroatoms. The summed E-state index contributed by atoms with van der Waals surface area (Å²) in [4.78, 5) is 12.4. The summed E-state index contributed by atoms with van der Waals surface area (Å²) < 4.78 is 5.80. The van der Waals surface area contributed by atoms with Crippen molar-refractivity contribution in [2.45, 2.75) is 25.9 Å². The highest BCUT2D eigenvalue weighted by molar-refractivity contribution is 5.95. The highest BCUT2D eigenvalue weighted by atomic mass is 16.5. The number of rotatable bonds is 2. The summed E-state index contributed by atoms with van der Waals surface area (Å²) in [7, 11) is 0. The zero-order chi connectivity index (χ0) is 15.5. The summed E-state index contributed by atoms with van der Waals surface area (Å²) in [5.74, 6) is 0.555. The fraction of sp³-hybridized carbons (Fsp3) is 0.222. The number of hydrogen-bond donors (Lipinski definition) is 1. The average Bonchev–Trinajstić information content (AvgIpc) is 2.54. The molecule has 4 nitrogen and oxygen atoms in total. The predicted octanol–water partition coefficient (Wildman–Crippen LogP) is 3.20. The number of carbonyl (C=O) groups is 1. The lowest BCUT2D eigenvalue weighted by molar-refractivity contribution is -0.123. The van der Waals surface area contributed by atoms with Crippen molar-refractivity contribution >= 4 is 11.6 Å². The van der Waals surface area contributed by atoms with Gasteiger partial charge in [-0.1, -0.05) is 29.8 Å². The molecule has 0 spiro atoms. The zero-order valence-electron chi connectivity index (χ0n) is 12.3. The van der Waals surface area contributed by atoms with Gasteiger partial charge < -0.3 is 10.1 Å². The van der Waals surface area contributed by atoms with Crippen molar-refractivity contribution < 1.29 is 9.53 Å². The molecule has 3 rings (SSSR count). The molecule has 0 aliphatic carbocycles. The molecule has 0 aromatic heterocycles. The Morgan fingerprint density at radius 3 is 2.95 bits per heavy atom. The maximum atomic E-state index is 12.4. The summed E-state index contributed by atoms with van der Waals surface area (Å²) >= 11 is 0. The van der Waals surface area contributed by atoms with Crippen LogP contribution in [0.25, 0.3) is 0 Å². The summed E-state index contributed by atoms with van der Waals surface area (Å²) in [6.45, 7) is 2.04. The van der Waals surface area contributed by atoms with E-state index in [2.05, 4.69) is 17.5 Å². The largest absolute Gasteiger partial charge is 0.480 e. The van der Waals surface area contributed by atoms with Crippen LogP contribution in [-0.4, -0.2) is 12.0 Å². The Hall–Kier alpha value is -2.80. The SMILES string of the molecule is Cc1ccc2c(c1)CC[C@H](C(=O)Nc1ccccc1C#N)O2. The number of carbonyl (C=O) groups excluding carboxylic acids is 1. The summed E-state index contributed by atoms with van der Waals surface area (Å²) in [6, 6.07) is 15.0. The van der Waals surface area contributed by atoms with E-state index < -0.39 is 6.10 Å². The molecular weight excluding hydrogens is 276 g/mol. The van der Waals surface area contributed by atoms with Crippen LogP contribution in [0.2, 0.25) is 0 Å². The smallest absolute Gasteiger partial charge is 0.265 e. The van der Waals surface area contributed by atoms with Crippen LogP contribution in [0.1, 0.15) is 23.1 Å². The monoisotopic (exact) mass is 292 g/mol. The minimum absolute atomic E-state index is 0.214. The Labute approximate surface area is 129 Å². The summed E-state index contributed by atoms with van der Waals surface area (Å²) in [5.41, 5.74) is 3.30. The van der Waals surface area contributed by atoms with Crippen LogP contribution < -0.4 is 10.1 Å². The van der Waals surface area contributed by atoms with Gasteiger partial charge in [0.1, 0.15) is 11.8 Å². The van der Waals surface area contributed by atoms with Crippen LogP contribution in [0.3, 0.4) is 0 Å². The van der Waals surface area contributed by atoms with Gasteiger partial charge in [-0.3, -0.25) is 4.79 Å². The van der Waals surface area contributed by atoms with E-state index in [1.165, 1.54) is 5.56 Å². The van der Waals surface area contributed by atoms with Gasteiger partial charge in [-0.15, -0.1) is 0 Å². The van der Waals surface area contributed by atoms with Gasteiger partial charge in [-0.25, -0.2) is 0 Å². The van der Waals surface area contributed by atoms with E-state index in [0.29, 0.717) is 17.7 Å². The third-order valence-electron chi connectivity index (χ3n) is 3.76. The predicted molar refractivity (Wildman–Crippen MR) is 83.7 cm³/mol. The Morgan fingerprint density at radius 2 is 2.14 bits per heavy atom. The van der Waals surface area contributed by atoms with E-state index in [1.807, 2.05) is 19.1 Å². The fourth-order valence-electron chi connectivity index (χ4n) is 2.60. The zero-order valence-corrected chi connectivity index (χ0v) is 12.3. The standard InChI is InChI=1S/C18H16N2O2/c1-12-6-8-16-13(10-12)7-9-17(22-16)18(21)20-15-5-3-2-4-14(15)11-19/h2-6,8,10,17H,7,9H2,1H3,(H,20,21)/t17-/m1/s1. The molecule has 0 bridgehead atoms. The molecule has 1 N–H and O–H groups in total. The van der Waals surface area contributed by atoms with E-state index in [0.717, 1.165) is 17.7 Å². The molecule has 0 saturated heterocycles. The van der Waals surface area contributed by atoms with Crippen molar-refractivity contribution in [3.05, 3.63) is 59.2 Å². The number of benzene rings is 2. The number of fused-ring (bicyclic) bond motifs is 1. The van der Waals surface area contributed by atoms with Gasteiger partial charge in [0.05, 0.1) is 11.3 Å². The normalized spacial score (nSPS) is 16.1. The van der Waals surface area contributed by atoms with E-state index in [1.54, 1.807) is 24.3 Å². The molecule has 0 radical (unpaired) electrons. The second-order valence-corrected chi connectivity index (χ2v) is 5.40.